The van der Waals surface area contributed by atoms with Gasteiger partial charge in [-0.05, 0) is 18.2 Å². The maximum atomic E-state index is 13.1. The number of benzene rings is 2. The Morgan fingerprint density at radius 2 is 1.71 bits per heavy atom. The van der Waals surface area contributed by atoms with Crippen molar-refractivity contribution in [3.8, 4) is 22.6 Å². The average Bonchev–Trinajstić information content (AvgIpc) is 2.66. The van der Waals surface area contributed by atoms with E-state index in [4.69, 9.17) is 18.6 Å². The van der Waals surface area contributed by atoms with Crippen LogP contribution in [0, 0.1) is 0 Å². The van der Waals surface area contributed by atoms with Gasteiger partial charge in [0.1, 0.15) is 30.0 Å². The summed E-state index contributed by atoms with van der Waals surface area (Å²) in [6, 6.07) is 10.1. The fraction of sp³-hybridized carbons (Fsp3) is 0.190. The van der Waals surface area contributed by atoms with E-state index in [1.807, 2.05) is 0 Å². The fourth-order valence-corrected chi connectivity index (χ4v) is 2.85. The number of hydrogen-bond acceptors (Lipinski definition) is 7. The van der Waals surface area contributed by atoms with Crippen molar-refractivity contribution < 1.29 is 28.2 Å². The Morgan fingerprint density at radius 1 is 0.964 bits per heavy atom. The average molecular weight is 382 g/mol. The molecule has 2 aromatic carbocycles. The first kappa shape index (κ1) is 19.2. The van der Waals surface area contributed by atoms with Crippen LogP contribution in [0.4, 0.5) is 0 Å². The number of esters is 2. The smallest absolute Gasteiger partial charge is 0.308 e. The largest absolute Gasteiger partial charge is 0.496 e. The molecule has 0 radical (unpaired) electrons. The lowest BCUT2D eigenvalue weighted by Crippen LogP contribution is -2.10. The van der Waals surface area contributed by atoms with Gasteiger partial charge >= 0.3 is 11.9 Å². The van der Waals surface area contributed by atoms with E-state index in [0.717, 1.165) is 0 Å². The molecule has 3 rings (SSSR count). The molecule has 0 aliphatic heterocycles. The van der Waals surface area contributed by atoms with Gasteiger partial charge in [0.05, 0.1) is 23.6 Å². The van der Waals surface area contributed by atoms with E-state index in [9.17, 15) is 14.4 Å². The molecule has 1 aromatic heterocycles. The maximum absolute atomic E-state index is 13.1. The summed E-state index contributed by atoms with van der Waals surface area (Å²) in [6.07, 6.45) is 1.32. The molecule has 0 aliphatic rings. The van der Waals surface area contributed by atoms with Gasteiger partial charge in [-0.2, -0.15) is 0 Å². The zero-order valence-electron chi connectivity index (χ0n) is 15.6. The predicted octanol–water partition coefficient (Wildman–Crippen LogP) is 3.46. The van der Waals surface area contributed by atoms with E-state index >= 15 is 0 Å². The standard InChI is InChI=1S/C21H18O7/c1-12(22)26-11-17-19(28-13(2)23)9-8-15-20(24)16(10-27-21(15)17)14-6-4-5-7-18(14)25-3/h4-10H,11H2,1-3H3. The number of rotatable bonds is 5. The molecule has 0 amide bonds. The quantitative estimate of drug-likeness (QED) is 0.493. The maximum Gasteiger partial charge on any atom is 0.308 e. The number of fused-ring (bicyclic) bond motifs is 1. The zero-order chi connectivity index (χ0) is 20.3. The van der Waals surface area contributed by atoms with Crippen LogP contribution in [0.25, 0.3) is 22.1 Å². The van der Waals surface area contributed by atoms with Crippen LogP contribution in [0.1, 0.15) is 19.4 Å². The van der Waals surface area contributed by atoms with Gasteiger partial charge in [-0.1, -0.05) is 18.2 Å². The second kappa shape index (κ2) is 7.96. The summed E-state index contributed by atoms with van der Waals surface area (Å²) in [5, 5.41) is 0.265. The van der Waals surface area contributed by atoms with E-state index in [0.29, 0.717) is 22.4 Å². The number of hydrogen-bond donors (Lipinski definition) is 0. The molecule has 1 heterocycles. The second-order valence-corrected chi connectivity index (χ2v) is 5.97. The van der Waals surface area contributed by atoms with E-state index in [1.165, 1.54) is 39.4 Å². The molecule has 7 nitrogen and oxygen atoms in total. The van der Waals surface area contributed by atoms with Crippen LogP contribution < -0.4 is 14.9 Å². The van der Waals surface area contributed by atoms with Gasteiger partial charge in [0.15, 0.2) is 0 Å². The topological polar surface area (TPSA) is 92.0 Å². The van der Waals surface area contributed by atoms with Crippen LogP contribution in [0.3, 0.4) is 0 Å². The number of methoxy groups -OCH3 is 1. The summed E-state index contributed by atoms with van der Waals surface area (Å²) < 4.78 is 21.2. The molecule has 0 spiro atoms. The summed E-state index contributed by atoms with van der Waals surface area (Å²) >= 11 is 0. The van der Waals surface area contributed by atoms with Crippen molar-refractivity contribution in [3.63, 3.8) is 0 Å². The number of ether oxygens (including phenoxy) is 3. The Hall–Kier alpha value is -3.61. The summed E-state index contributed by atoms with van der Waals surface area (Å²) in [7, 11) is 1.52. The van der Waals surface area contributed by atoms with E-state index in [-0.39, 0.29) is 28.8 Å². The third-order valence-electron chi connectivity index (χ3n) is 4.07. The lowest BCUT2D eigenvalue weighted by Gasteiger charge is -2.13. The Kier molecular flexibility index (Phi) is 5.44. The Bertz CT molecular complexity index is 1110. The van der Waals surface area contributed by atoms with Crippen molar-refractivity contribution in [2.24, 2.45) is 0 Å². The molecule has 144 valence electrons. The van der Waals surface area contributed by atoms with Gasteiger partial charge < -0.3 is 18.6 Å². The zero-order valence-corrected chi connectivity index (χ0v) is 15.6. The molecule has 0 aliphatic carbocycles. The molecule has 28 heavy (non-hydrogen) atoms. The highest BCUT2D eigenvalue weighted by Crippen LogP contribution is 2.32. The summed E-state index contributed by atoms with van der Waals surface area (Å²) in [4.78, 5) is 35.7. The van der Waals surface area contributed by atoms with Crippen molar-refractivity contribution in [2.75, 3.05) is 7.11 Å². The van der Waals surface area contributed by atoms with Gasteiger partial charge in [-0.15, -0.1) is 0 Å². The third-order valence-corrected chi connectivity index (χ3v) is 4.07. The molecule has 0 bridgehead atoms. The summed E-state index contributed by atoms with van der Waals surface area (Å²) in [6.45, 7) is 2.31. The van der Waals surface area contributed by atoms with Gasteiger partial charge in [0.25, 0.3) is 0 Å². The van der Waals surface area contributed by atoms with Gasteiger partial charge in [-0.3, -0.25) is 14.4 Å². The molecule has 0 N–H and O–H groups in total. The van der Waals surface area contributed by atoms with Crippen LogP contribution in [0.5, 0.6) is 11.5 Å². The first-order valence-corrected chi connectivity index (χ1v) is 8.45. The first-order chi connectivity index (χ1) is 13.4. The van der Waals surface area contributed by atoms with Crippen molar-refractivity contribution >= 4 is 22.9 Å². The minimum absolute atomic E-state index is 0.162. The Labute approximate surface area is 160 Å². The van der Waals surface area contributed by atoms with E-state index < -0.39 is 11.9 Å². The molecule has 0 atom stereocenters. The lowest BCUT2D eigenvalue weighted by atomic mass is 10.0. The van der Waals surface area contributed by atoms with Crippen molar-refractivity contribution in [1.82, 2.24) is 0 Å². The minimum atomic E-state index is -0.545. The molecule has 7 heteroatoms. The van der Waals surface area contributed by atoms with Crippen LogP contribution in [-0.4, -0.2) is 19.0 Å². The van der Waals surface area contributed by atoms with Crippen molar-refractivity contribution in [1.29, 1.82) is 0 Å². The van der Waals surface area contributed by atoms with Crippen LogP contribution >= 0.6 is 0 Å². The lowest BCUT2D eigenvalue weighted by molar-refractivity contribution is -0.142. The SMILES string of the molecule is COc1ccccc1-c1coc2c(COC(C)=O)c(OC(C)=O)ccc2c1=O. The van der Waals surface area contributed by atoms with E-state index in [2.05, 4.69) is 0 Å². The minimum Gasteiger partial charge on any atom is -0.496 e. The normalized spacial score (nSPS) is 10.5. The number of carbonyl (C=O) groups is 2. The molecular weight excluding hydrogens is 364 g/mol. The summed E-state index contributed by atoms with van der Waals surface area (Å²) in [5.74, 6) is -0.365. The predicted molar refractivity (Wildman–Crippen MR) is 101 cm³/mol. The van der Waals surface area contributed by atoms with Crippen LogP contribution in [-0.2, 0) is 20.9 Å². The monoisotopic (exact) mass is 382 g/mol. The van der Waals surface area contributed by atoms with Gasteiger partial charge in [0, 0.05) is 19.4 Å². The van der Waals surface area contributed by atoms with Gasteiger partial charge in [-0.25, -0.2) is 0 Å². The molecule has 0 fully saturated rings. The highest BCUT2D eigenvalue weighted by molar-refractivity contribution is 5.87. The van der Waals surface area contributed by atoms with Crippen molar-refractivity contribution in [3.05, 3.63) is 58.4 Å². The van der Waals surface area contributed by atoms with Crippen LogP contribution in [0.2, 0.25) is 0 Å². The molecule has 0 saturated heterocycles. The molecule has 3 aromatic rings. The van der Waals surface area contributed by atoms with E-state index in [1.54, 1.807) is 24.3 Å². The highest BCUT2D eigenvalue weighted by Gasteiger charge is 2.19. The van der Waals surface area contributed by atoms with Gasteiger partial charge in [0.2, 0.25) is 5.43 Å². The first-order valence-electron chi connectivity index (χ1n) is 8.45. The second-order valence-electron chi connectivity index (χ2n) is 5.97. The molecule has 0 saturated carbocycles. The molecular formula is C21H18O7. The Balaban J connectivity index is 2.22. The highest BCUT2D eigenvalue weighted by atomic mass is 16.5. The summed E-state index contributed by atoms with van der Waals surface area (Å²) in [5.41, 5.74) is 1.11. The van der Waals surface area contributed by atoms with Crippen LogP contribution in [0.15, 0.2) is 51.9 Å². The number of carbonyl (C=O) groups excluding carboxylic acids is 2. The Morgan fingerprint density at radius 3 is 2.39 bits per heavy atom. The molecule has 0 unspecified atom stereocenters. The third kappa shape index (κ3) is 3.73. The van der Waals surface area contributed by atoms with Crippen molar-refractivity contribution in [2.45, 2.75) is 20.5 Å². The fourth-order valence-electron chi connectivity index (χ4n) is 2.85. The number of para-hydroxylation sites is 1.